The maximum atomic E-state index is 5.77. The van der Waals surface area contributed by atoms with Crippen LogP contribution in [0.2, 0.25) is 0 Å². The first-order valence-electron chi connectivity index (χ1n) is 6.04. The Morgan fingerprint density at radius 3 is 2.81 bits per heavy atom. The highest BCUT2D eigenvalue weighted by Crippen LogP contribution is 2.19. The lowest BCUT2D eigenvalue weighted by molar-refractivity contribution is 0.0546. The first-order valence-corrected chi connectivity index (χ1v) is 6.04. The molecule has 1 N–H and O–H groups in total. The maximum absolute atomic E-state index is 5.77. The zero-order valence-corrected chi connectivity index (χ0v) is 10.0. The first-order chi connectivity index (χ1) is 7.75. The topological polar surface area (TPSA) is 34.2 Å². The molecule has 1 aromatic heterocycles. The van der Waals surface area contributed by atoms with E-state index in [1.54, 1.807) is 0 Å². The lowest BCUT2D eigenvalue weighted by atomic mass is 10.1. The Morgan fingerprint density at radius 1 is 1.44 bits per heavy atom. The molecule has 88 valence electrons. The van der Waals surface area contributed by atoms with Gasteiger partial charge in [0.05, 0.1) is 12.2 Å². The lowest BCUT2D eigenvalue weighted by Gasteiger charge is -2.17. The number of hydrogen-bond acceptors (Lipinski definition) is 3. The standard InChI is InChI=1S/C13H20N2O/c1-10-3-4-13(16-10)9-15-11(2)12-5-7-14-8-6-12/h5-8,10-11,13,15H,3-4,9H2,1-2H3/t10?,11-,13?/m0/s1. The van der Waals surface area contributed by atoms with E-state index in [1.165, 1.54) is 18.4 Å². The van der Waals surface area contributed by atoms with Crippen molar-refractivity contribution in [2.75, 3.05) is 6.54 Å². The number of aromatic nitrogens is 1. The molecular weight excluding hydrogens is 200 g/mol. The first kappa shape index (κ1) is 11.6. The third kappa shape index (κ3) is 3.03. The minimum Gasteiger partial charge on any atom is -0.374 e. The van der Waals surface area contributed by atoms with Gasteiger partial charge in [-0.15, -0.1) is 0 Å². The molecule has 0 radical (unpaired) electrons. The smallest absolute Gasteiger partial charge is 0.0704 e. The molecule has 0 spiro atoms. The average molecular weight is 220 g/mol. The van der Waals surface area contributed by atoms with Crippen LogP contribution in [-0.2, 0) is 4.74 Å². The van der Waals surface area contributed by atoms with Gasteiger partial charge in [0.1, 0.15) is 0 Å². The number of nitrogens with zero attached hydrogens (tertiary/aromatic N) is 1. The second-order valence-electron chi connectivity index (χ2n) is 4.56. The number of rotatable bonds is 4. The van der Waals surface area contributed by atoms with Crippen LogP contribution in [0.3, 0.4) is 0 Å². The highest BCUT2D eigenvalue weighted by molar-refractivity contribution is 5.13. The van der Waals surface area contributed by atoms with E-state index in [9.17, 15) is 0 Å². The van der Waals surface area contributed by atoms with Crippen molar-refractivity contribution in [3.8, 4) is 0 Å². The minimum atomic E-state index is 0.363. The highest BCUT2D eigenvalue weighted by Gasteiger charge is 2.21. The van der Waals surface area contributed by atoms with E-state index in [1.807, 2.05) is 12.4 Å². The van der Waals surface area contributed by atoms with Crippen LogP contribution >= 0.6 is 0 Å². The fourth-order valence-corrected chi connectivity index (χ4v) is 2.11. The average Bonchev–Trinajstić information content (AvgIpc) is 2.73. The van der Waals surface area contributed by atoms with Gasteiger partial charge in [-0.25, -0.2) is 0 Å². The maximum Gasteiger partial charge on any atom is 0.0704 e. The van der Waals surface area contributed by atoms with Crippen LogP contribution < -0.4 is 5.32 Å². The van der Waals surface area contributed by atoms with Crippen molar-refractivity contribution in [3.63, 3.8) is 0 Å². The molecule has 0 aromatic carbocycles. The summed E-state index contributed by atoms with van der Waals surface area (Å²) in [7, 11) is 0. The van der Waals surface area contributed by atoms with E-state index in [0.29, 0.717) is 18.2 Å². The summed E-state index contributed by atoms with van der Waals surface area (Å²) in [5, 5.41) is 3.51. The van der Waals surface area contributed by atoms with Crippen molar-refractivity contribution in [2.45, 2.75) is 44.9 Å². The number of pyridine rings is 1. The van der Waals surface area contributed by atoms with Gasteiger partial charge in [0.25, 0.3) is 0 Å². The van der Waals surface area contributed by atoms with Crippen molar-refractivity contribution < 1.29 is 4.74 Å². The SMILES string of the molecule is CC1CCC(CN[C@@H](C)c2ccncc2)O1. The van der Waals surface area contributed by atoms with E-state index in [4.69, 9.17) is 4.74 Å². The van der Waals surface area contributed by atoms with Gasteiger partial charge in [0.15, 0.2) is 0 Å². The molecule has 0 aliphatic carbocycles. The Morgan fingerprint density at radius 2 is 2.19 bits per heavy atom. The summed E-state index contributed by atoms with van der Waals surface area (Å²) < 4.78 is 5.77. The molecule has 3 atom stereocenters. The van der Waals surface area contributed by atoms with E-state index in [0.717, 1.165) is 6.54 Å². The summed E-state index contributed by atoms with van der Waals surface area (Å²) in [5.41, 5.74) is 1.28. The molecule has 0 amide bonds. The summed E-state index contributed by atoms with van der Waals surface area (Å²) in [4.78, 5) is 4.02. The Labute approximate surface area is 97.2 Å². The Hall–Kier alpha value is -0.930. The van der Waals surface area contributed by atoms with Crippen molar-refractivity contribution in [2.24, 2.45) is 0 Å². The van der Waals surface area contributed by atoms with Crippen molar-refractivity contribution >= 4 is 0 Å². The molecule has 3 heteroatoms. The number of ether oxygens (including phenoxy) is 1. The molecule has 1 aromatic rings. The van der Waals surface area contributed by atoms with Crippen molar-refractivity contribution in [1.29, 1.82) is 0 Å². The van der Waals surface area contributed by atoms with Crippen LogP contribution in [0.25, 0.3) is 0 Å². The van der Waals surface area contributed by atoms with Crippen LogP contribution in [0.15, 0.2) is 24.5 Å². The van der Waals surface area contributed by atoms with Gasteiger partial charge in [0.2, 0.25) is 0 Å². The molecule has 1 fully saturated rings. The molecule has 1 saturated heterocycles. The third-order valence-corrected chi connectivity index (χ3v) is 3.18. The fourth-order valence-electron chi connectivity index (χ4n) is 2.11. The Kier molecular flexibility index (Phi) is 3.91. The van der Waals surface area contributed by atoms with E-state index in [-0.39, 0.29) is 0 Å². The van der Waals surface area contributed by atoms with Crippen LogP contribution in [0.1, 0.15) is 38.3 Å². The Bertz CT molecular complexity index is 315. The van der Waals surface area contributed by atoms with Gasteiger partial charge >= 0.3 is 0 Å². The molecule has 2 rings (SSSR count). The highest BCUT2D eigenvalue weighted by atomic mass is 16.5. The zero-order valence-electron chi connectivity index (χ0n) is 10.0. The summed E-state index contributed by atoms with van der Waals surface area (Å²) in [6, 6.07) is 4.47. The summed E-state index contributed by atoms with van der Waals surface area (Å²) in [6.07, 6.45) is 6.86. The van der Waals surface area contributed by atoms with Gasteiger partial charge in [-0.1, -0.05) is 0 Å². The normalized spacial score (nSPS) is 26.9. The van der Waals surface area contributed by atoms with Gasteiger partial charge < -0.3 is 10.1 Å². The van der Waals surface area contributed by atoms with Gasteiger partial charge in [-0.05, 0) is 44.4 Å². The Balaban J connectivity index is 1.78. The largest absolute Gasteiger partial charge is 0.374 e. The molecule has 16 heavy (non-hydrogen) atoms. The lowest BCUT2D eigenvalue weighted by Crippen LogP contribution is -2.29. The van der Waals surface area contributed by atoms with Crippen LogP contribution in [0, 0.1) is 0 Å². The molecule has 0 bridgehead atoms. The van der Waals surface area contributed by atoms with Gasteiger partial charge in [0, 0.05) is 25.0 Å². The fraction of sp³-hybridized carbons (Fsp3) is 0.615. The second-order valence-corrected chi connectivity index (χ2v) is 4.56. The summed E-state index contributed by atoms with van der Waals surface area (Å²) >= 11 is 0. The quantitative estimate of drug-likeness (QED) is 0.845. The predicted molar refractivity (Wildman–Crippen MR) is 64.2 cm³/mol. The minimum absolute atomic E-state index is 0.363. The molecule has 0 saturated carbocycles. The summed E-state index contributed by atoms with van der Waals surface area (Å²) in [6.45, 7) is 5.26. The van der Waals surface area contributed by atoms with Crippen LogP contribution in [0.4, 0.5) is 0 Å². The van der Waals surface area contributed by atoms with Crippen molar-refractivity contribution in [3.05, 3.63) is 30.1 Å². The number of hydrogen-bond donors (Lipinski definition) is 1. The third-order valence-electron chi connectivity index (χ3n) is 3.18. The summed E-state index contributed by atoms with van der Waals surface area (Å²) in [5.74, 6) is 0. The van der Waals surface area contributed by atoms with Crippen LogP contribution in [0.5, 0.6) is 0 Å². The molecule has 2 unspecified atom stereocenters. The van der Waals surface area contributed by atoms with Crippen LogP contribution in [-0.4, -0.2) is 23.7 Å². The molecule has 2 heterocycles. The molecule has 1 aliphatic heterocycles. The van der Waals surface area contributed by atoms with Crippen molar-refractivity contribution in [1.82, 2.24) is 10.3 Å². The number of nitrogens with one attached hydrogen (secondary N) is 1. The van der Waals surface area contributed by atoms with E-state index >= 15 is 0 Å². The molecule has 3 nitrogen and oxygen atoms in total. The second kappa shape index (κ2) is 5.41. The van der Waals surface area contributed by atoms with E-state index < -0.39 is 0 Å². The monoisotopic (exact) mass is 220 g/mol. The molecular formula is C13H20N2O. The molecule has 1 aliphatic rings. The predicted octanol–water partition coefficient (Wildman–Crippen LogP) is 2.30. The zero-order chi connectivity index (χ0) is 11.4. The van der Waals surface area contributed by atoms with E-state index in [2.05, 4.69) is 36.3 Å². The van der Waals surface area contributed by atoms with Gasteiger partial charge in [-0.2, -0.15) is 0 Å². The van der Waals surface area contributed by atoms with Gasteiger partial charge in [-0.3, -0.25) is 4.98 Å².